The molecule has 0 aliphatic heterocycles. The summed E-state index contributed by atoms with van der Waals surface area (Å²) >= 11 is 0. The zero-order chi connectivity index (χ0) is 25.0. The topological polar surface area (TPSA) is 104 Å². The average Bonchev–Trinajstić information content (AvgIpc) is 3.27. The van der Waals surface area contributed by atoms with Gasteiger partial charge in [0.05, 0.1) is 24.1 Å². The summed E-state index contributed by atoms with van der Waals surface area (Å²) in [6.45, 7) is 2.09. The number of aromatic nitrogens is 5. The molecule has 12 heteroatoms. The molecule has 0 bridgehead atoms. The molecule has 4 rings (SSSR count). The predicted octanol–water partition coefficient (Wildman–Crippen LogP) is 3.96. The van der Waals surface area contributed by atoms with Gasteiger partial charge in [-0.1, -0.05) is 18.2 Å². The minimum atomic E-state index is -4.59. The number of amides is 1. The minimum absolute atomic E-state index is 0.00106. The second-order valence-electron chi connectivity index (χ2n) is 7.59. The first kappa shape index (κ1) is 24.1. The van der Waals surface area contributed by atoms with Gasteiger partial charge in [0, 0.05) is 19.7 Å². The molecule has 0 aliphatic rings. The van der Waals surface area contributed by atoms with Gasteiger partial charge in [-0.05, 0) is 30.7 Å². The highest BCUT2D eigenvalue weighted by Crippen LogP contribution is 2.35. The number of nitrogens with one attached hydrogen (secondary N) is 1. The van der Waals surface area contributed by atoms with E-state index in [1.807, 2.05) is 6.92 Å². The van der Waals surface area contributed by atoms with Crippen molar-refractivity contribution in [1.29, 1.82) is 0 Å². The van der Waals surface area contributed by atoms with Crippen molar-refractivity contribution < 1.29 is 27.4 Å². The maximum Gasteiger partial charge on any atom is 0.418 e. The number of carbonyl (C=O) groups is 1. The quantitative estimate of drug-likeness (QED) is 0.402. The second kappa shape index (κ2) is 10.1. The first-order valence-corrected chi connectivity index (χ1v) is 10.5. The maximum atomic E-state index is 13.5. The molecule has 35 heavy (non-hydrogen) atoms. The first-order chi connectivity index (χ1) is 16.8. The summed E-state index contributed by atoms with van der Waals surface area (Å²) in [5.41, 5.74) is -0.0340. The Bertz CT molecular complexity index is 1320. The van der Waals surface area contributed by atoms with E-state index in [1.54, 1.807) is 18.3 Å². The molecular weight excluding hydrogens is 465 g/mol. The van der Waals surface area contributed by atoms with Crippen LogP contribution in [-0.2, 0) is 15.7 Å². The van der Waals surface area contributed by atoms with E-state index >= 15 is 0 Å². The molecule has 3 aromatic heterocycles. The summed E-state index contributed by atoms with van der Waals surface area (Å²) in [4.78, 5) is 25.2. The van der Waals surface area contributed by atoms with E-state index in [4.69, 9.17) is 9.47 Å². The number of ether oxygens (including phenoxy) is 2. The second-order valence-corrected chi connectivity index (χ2v) is 7.59. The molecule has 182 valence electrons. The number of hydrogen-bond acceptors (Lipinski definition) is 7. The highest BCUT2D eigenvalue weighted by Gasteiger charge is 2.34. The van der Waals surface area contributed by atoms with Crippen LogP contribution in [0, 0.1) is 6.92 Å². The van der Waals surface area contributed by atoms with Crippen molar-refractivity contribution in [1.82, 2.24) is 24.7 Å². The maximum absolute atomic E-state index is 13.5. The molecule has 3 heterocycles. The smallest absolute Gasteiger partial charge is 0.418 e. The van der Waals surface area contributed by atoms with E-state index < -0.39 is 23.8 Å². The van der Waals surface area contributed by atoms with E-state index in [9.17, 15) is 18.0 Å². The number of benzene rings is 1. The van der Waals surface area contributed by atoms with Crippen molar-refractivity contribution >= 4 is 22.8 Å². The van der Waals surface area contributed by atoms with E-state index in [0.29, 0.717) is 5.82 Å². The number of methoxy groups -OCH3 is 1. The Labute approximate surface area is 197 Å². The molecular formula is C23H21F3N6O3. The molecule has 9 nitrogen and oxygen atoms in total. The zero-order valence-corrected chi connectivity index (χ0v) is 18.8. The summed E-state index contributed by atoms with van der Waals surface area (Å²) in [6.07, 6.45) is -1.38. The lowest BCUT2D eigenvalue weighted by atomic mass is 10.1. The Morgan fingerprint density at radius 3 is 2.63 bits per heavy atom. The molecule has 0 fully saturated rings. The van der Waals surface area contributed by atoms with Gasteiger partial charge in [-0.25, -0.2) is 19.6 Å². The van der Waals surface area contributed by atoms with Crippen LogP contribution in [0.1, 0.15) is 17.5 Å². The monoisotopic (exact) mass is 486 g/mol. The molecule has 0 aliphatic carbocycles. The van der Waals surface area contributed by atoms with Gasteiger partial charge in [0.15, 0.2) is 11.8 Å². The predicted molar refractivity (Wildman–Crippen MR) is 120 cm³/mol. The third-order valence-corrected chi connectivity index (χ3v) is 5.06. The highest BCUT2D eigenvalue weighted by molar-refractivity contribution is 5.94. The summed E-state index contributed by atoms with van der Waals surface area (Å²) in [5.74, 6) is -0.144. The molecule has 4 aromatic rings. The number of para-hydroxylation sites is 1. The number of fused-ring (bicyclic) bond motifs is 1. The van der Waals surface area contributed by atoms with Crippen molar-refractivity contribution in [2.24, 2.45) is 0 Å². The van der Waals surface area contributed by atoms with Crippen LogP contribution in [0.5, 0.6) is 5.88 Å². The Hall–Kier alpha value is -4.06. The van der Waals surface area contributed by atoms with Gasteiger partial charge in [-0.15, -0.1) is 0 Å². The largest absolute Gasteiger partial charge is 0.464 e. The third-order valence-electron chi connectivity index (χ3n) is 5.06. The Kier molecular flexibility index (Phi) is 6.92. The standard InChI is InChI=1S/C23H21F3N6O3/c1-14-7-8-19(27-11-14)31-21(33)18(9-10-34-2)35-22-15-12-30-32(20(15)28-13-29-22)17-6-4-3-5-16(17)23(24,25)26/h3-8,11-13,18H,9-10H2,1-2H3,(H,27,31,33)/t18-/m0/s1. The van der Waals surface area contributed by atoms with Gasteiger partial charge in [0.1, 0.15) is 17.5 Å². The van der Waals surface area contributed by atoms with Crippen molar-refractivity contribution in [3.05, 3.63) is 66.2 Å². The number of carbonyl (C=O) groups excluding carboxylic acids is 1. The van der Waals surface area contributed by atoms with Crippen LogP contribution in [0.3, 0.4) is 0 Å². The van der Waals surface area contributed by atoms with Gasteiger partial charge in [0.2, 0.25) is 5.88 Å². The Morgan fingerprint density at radius 2 is 1.91 bits per heavy atom. The fourth-order valence-corrected chi connectivity index (χ4v) is 3.34. The lowest BCUT2D eigenvalue weighted by molar-refractivity contribution is -0.137. The number of anilines is 1. The number of halogens is 3. The van der Waals surface area contributed by atoms with Crippen molar-refractivity contribution in [2.45, 2.75) is 25.6 Å². The Balaban J connectivity index is 1.66. The number of aryl methyl sites for hydroxylation is 1. The lowest BCUT2D eigenvalue weighted by Gasteiger charge is -2.18. The van der Waals surface area contributed by atoms with E-state index in [1.165, 1.54) is 31.5 Å². The van der Waals surface area contributed by atoms with Gasteiger partial charge >= 0.3 is 6.18 Å². The fourth-order valence-electron chi connectivity index (χ4n) is 3.34. The van der Waals surface area contributed by atoms with Crippen LogP contribution in [0.25, 0.3) is 16.7 Å². The van der Waals surface area contributed by atoms with E-state index in [0.717, 1.165) is 22.6 Å². The fraction of sp³-hybridized carbons (Fsp3) is 0.261. The van der Waals surface area contributed by atoms with Crippen LogP contribution < -0.4 is 10.1 Å². The summed E-state index contributed by atoms with van der Waals surface area (Å²) < 4.78 is 52.7. The number of rotatable bonds is 8. The number of alkyl halides is 3. The van der Waals surface area contributed by atoms with Gasteiger partial charge in [-0.2, -0.15) is 18.3 Å². The SMILES string of the molecule is COCC[C@H](Oc1ncnc2c1cnn2-c1ccccc1C(F)(F)F)C(=O)Nc1ccc(C)cn1. The third kappa shape index (κ3) is 5.38. The normalized spacial score (nSPS) is 12.5. The van der Waals surface area contributed by atoms with E-state index in [-0.39, 0.29) is 35.6 Å². The first-order valence-electron chi connectivity index (χ1n) is 10.5. The highest BCUT2D eigenvalue weighted by atomic mass is 19.4. The lowest BCUT2D eigenvalue weighted by Crippen LogP contribution is -2.34. The van der Waals surface area contributed by atoms with Crippen LogP contribution in [-0.4, -0.2) is 50.5 Å². The molecule has 0 spiro atoms. The number of hydrogen-bond donors (Lipinski definition) is 1. The summed E-state index contributed by atoms with van der Waals surface area (Å²) in [7, 11) is 1.49. The van der Waals surface area contributed by atoms with Gasteiger partial charge in [-0.3, -0.25) is 4.79 Å². The Morgan fingerprint density at radius 1 is 1.11 bits per heavy atom. The molecule has 1 amide bonds. The van der Waals surface area contributed by atoms with E-state index in [2.05, 4.69) is 25.4 Å². The number of pyridine rings is 1. The van der Waals surface area contributed by atoms with Crippen molar-refractivity contribution in [3.8, 4) is 11.6 Å². The number of nitrogens with zero attached hydrogens (tertiary/aromatic N) is 5. The van der Waals surface area contributed by atoms with Crippen LogP contribution >= 0.6 is 0 Å². The summed E-state index contributed by atoms with van der Waals surface area (Å²) in [5, 5.41) is 7.01. The zero-order valence-electron chi connectivity index (χ0n) is 18.8. The molecule has 0 radical (unpaired) electrons. The molecule has 0 saturated heterocycles. The van der Waals surface area contributed by atoms with Crippen LogP contribution in [0.4, 0.5) is 19.0 Å². The molecule has 1 atom stereocenters. The molecule has 1 N–H and O–H groups in total. The molecule has 0 saturated carbocycles. The van der Waals surface area contributed by atoms with Crippen molar-refractivity contribution in [2.75, 3.05) is 19.0 Å². The van der Waals surface area contributed by atoms with Crippen LogP contribution in [0.15, 0.2) is 55.1 Å². The average molecular weight is 486 g/mol. The van der Waals surface area contributed by atoms with Crippen molar-refractivity contribution in [3.63, 3.8) is 0 Å². The summed E-state index contributed by atoms with van der Waals surface area (Å²) in [6, 6.07) is 8.48. The van der Waals surface area contributed by atoms with Gasteiger partial charge in [0.25, 0.3) is 5.91 Å². The molecule has 1 aromatic carbocycles. The van der Waals surface area contributed by atoms with Gasteiger partial charge < -0.3 is 14.8 Å². The molecule has 0 unspecified atom stereocenters. The minimum Gasteiger partial charge on any atom is -0.464 e. The van der Waals surface area contributed by atoms with Crippen LogP contribution in [0.2, 0.25) is 0 Å².